The molecule has 1 amide bonds. The quantitative estimate of drug-likeness (QED) is 0.602. The monoisotopic (exact) mass is 411 g/mol. The lowest BCUT2D eigenvalue weighted by molar-refractivity contribution is -0.113. The minimum Gasteiger partial charge on any atom is -0.325 e. The van der Waals surface area contributed by atoms with Gasteiger partial charge in [0, 0.05) is 17.8 Å². The van der Waals surface area contributed by atoms with Crippen LogP contribution in [-0.4, -0.2) is 26.4 Å². The van der Waals surface area contributed by atoms with Gasteiger partial charge in [-0.05, 0) is 38.1 Å². The van der Waals surface area contributed by atoms with Crippen LogP contribution < -0.4 is 5.32 Å². The first-order valence-electron chi connectivity index (χ1n) is 8.64. The van der Waals surface area contributed by atoms with E-state index in [0.29, 0.717) is 28.0 Å². The second-order valence-electron chi connectivity index (χ2n) is 6.06. The van der Waals surface area contributed by atoms with Crippen molar-refractivity contribution < 1.29 is 4.79 Å². The number of nitrogens with zero attached hydrogens (tertiary/aromatic N) is 4. The number of halogens is 1. The molecule has 3 aromatic rings. The summed E-state index contributed by atoms with van der Waals surface area (Å²) in [5.74, 6) is 0.783. The van der Waals surface area contributed by atoms with Gasteiger partial charge >= 0.3 is 0 Å². The van der Waals surface area contributed by atoms with Crippen molar-refractivity contribution in [1.82, 2.24) is 14.8 Å². The molecule has 0 saturated carbocycles. The normalized spacial score (nSPS) is 10.5. The molecule has 3 rings (SSSR count). The molecule has 0 fully saturated rings. The standard InChI is InChI=1S/C20H18ClN5OS/c1-3-26-19(14-6-4-5-13(2)9-14)24-25-20(26)28-12-18(27)23-16-8-7-15(11-22)17(21)10-16/h4-10H,3,12H2,1-2H3,(H,23,27). The molecule has 6 nitrogen and oxygen atoms in total. The SMILES string of the molecule is CCn1c(SCC(=O)Nc2ccc(C#N)c(Cl)c2)nnc1-c1cccc(C)c1. The van der Waals surface area contributed by atoms with Gasteiger partial charge in [-0.25, -0.2) is 0 Å². The molecule has 0 atom stereocenters. The molecule has 0 aliphatic rings. The van der Waals surface area contributed by atoms with Crippen LogP contribution in [0.3, 0.4) is 0 Å². The van der Waals surface area contributed by atoms with Gasteiger partial charge in [0.2, 0.25) is 5.91 Å². The number of nitrogens with one attached hydrogen (secondary N) is 1. The summed E-state index contributed by atoms with van der Waals surface area (Å²) >= 11 is 7.32. The fourth-order valence-electron chi connectivity index (χ4n) is 2.69. The zero-order chi connectivity index (χ0) is 20.1. The molecule has 2 aromatic carbocycles. The molecule has 0 aliphatic carbocycles. The summed E-state index contributed by atoms with van der Waals surface area (Å²) in [7, 11) is 0. The molecule has 1 aromatic heterocycles. The van der Waals surface area contributed by atoms with Gasteiger partial charge in [-0.1, -0.05) is 47.1 Å². The fourth-order valence-corrected chi connectivity index (χ4v) is 3.71. The molecule has 0 radical (unpaired) electrons. The minimum absolute atomic E-state index is 0.184. The van der Waals surface area contributed by atoms with Crippen molar-refractivity contribution in [3.05, 3.63) is 58.6 Å². The number of benzene rings is 2. The highest BCUT2D eigenvalue weighted by Gasteiger charge is 2.15. The van der Waals surface area contributed by atoms with Crippen molar-refractivity contribution in [2.24, 2.45) is 0 Å². The molecule has 0 unspecified atom stereocenters. The van der Waals surface area contributed by atoms with E-state index in [9.17, 15) is 4.79 Å². The number of anilines is 1. The van der Waals surface area contributed by atoms with Crippen LogP contribution in [0.25, 0.3) is 11.4 Å². The molecule has 0 spiro atoms. The highest BCUT2D eigenvalue weighted by molar-refractivity contribution is 7.99. The van der Waals surface area contributed by atoms with Crippen LogP contribution in [0, 0.1) is 18.3 Å². The number of rotatable bonds is 6. The maximum absolute atomic E-state index is 12.3. The van der Waals surface area contributed by atoms with Crippen LogP contribution in [-0.2, 0) is 11.3 Å². The maximum Gasteiger partial charge on any atom is 0.234 e. The summed E-state index contributed by atoms with van der Waals surface area (Å²) < 4.78 is 1.99. The van der Waals surface area contributed by atoms with E-state index >= 15 is 0 Å². The largest absolute Gasteiger partial charge is 0.325 e. The molecule has 0 bridgehead atoms. The molecular weight excluding hydrogens is 394 g/mol. The van der Waals surface area contributed by atoms with Gasteiger partial charge < -0.3 is 9.88 Å². The van der Waals surface area contributed by atoms with Crippen LogP contribution >= 0.6 is 23.4 Å². The summed E-state index contributed by atoms with van der Waals surface area (Å²) in [6.07, 6.45) is 0. The number of carbonyl (C=O) groups excluding carboxylic acids is 1. The number of hydrogen-bond acceptors (Lipinski definition) is 5. The Morgan fingerprint density at radius 1 is 1.29 bits per heavy atom. The summed E-state index contributed by atoms with van der Waals surface area (Å²) in [5.41, 5.74) is 3.07. The predicted octanol–water partition coefficient (Wildman–Crippen LogP) is 4.53. The topological polar surface area (TPSA) is 83.6 Å². The Kier molecular flexibility index (Phi) is 6.34. The van der Waals surface area contributed by atoms with Crippen molar-refractivity contribution >= 4 is 35.0 Å². The number of carbonyl (C=O) groups is 1. The second kappa shape index (κ2) is 8.91. The Balaban J connectivity index is 1.68. The average molecular weight is 412 g/mol. The van der Waals surface area contributed by atoms with Gasteiger partial charge in [0.25, 0.3) is 0 Å². The number of hydrogen-bond donors (Lipinski definition) is 1. The Morgan fingerprint density at radius 3 is 2.79 bits per heavy atom. The van der Waals surface area contributed by atoms with Crippen LogP contribution in [0.5, 0.6) is 0 Å². The van der Waals surface area contributed by atoms with E-state index in [0.717, 1.165) is 17.0 Å². The van der Waals surface area contributed by atoms with Gasteiger partial charge in [-0.2, -0.15) is 5.26 Å². The van der Waals surface area contributed by atoms with Crippen LogP contribution in [0.2, 0.25) is 5.02 Å². The molecule has 142 valence electrons. The van der Waals surface area contributed by atoms with Crippen molar-refractivity contribution in [2.45, 2.75) is 25.5 Å². The highest BCUT2D eigenvalue weighted by atomic mass is 35.5. The Morgan fingerprint density at radius 2 is 2.11 bits per heavy atom. The lowest BCUT2D eigenvalue weighted by Crippen LogP contribution is -2.14. The van der Waals surface area contributed by atoms with Crippen molar-refractivity contribution in [1.29, 1.82) is 5.26 Å². The second-order valence-corrected chi connectivity index (χ2v) is 7.41. The molecular formula is C20H18ClN5OS. The van der Waals surface area contributed by atoms with Crippen molar-refractivity contribution in [3.8, 4) is 17.5 Å². The first-order chi connectivity index (χ1) is 13.5. The average Bonchev–Trinajstić information content (AvgIpc) is 3.09. The third-order valence-corrected chi connectivity index (χ3v) is 5.29. The third-order valence-electron chi connectivity index (χ3n) is 4.01. The number of nitriles is 1. The first-order valence-corrected chi connectivity index (χ1v) is 10.0. The molecule has 1 heterocycles. The van der Waals surface area contributed by atoms with Crippen molar-refractivity contribution in [3.63, 3.8) is 0 Å². The van der Waals surface area contributed by atoms with Crippen LogP contribution in [0.15, 0.2) is 47.6 Å². The summed E-state index contributed by atoms with van der Waals surface area (Å²) in [5, 5.41) is 21.2. The third kappa shape index (κ3) is 4.53. The van der Waals surface area contributed by atoms with Gasteiger partial charge in [-0.15, -0.1) is 10.2 Å². The van der Waals surface area contributed by atoms with E-state index in [1.165, 1.54) is 11.8 Å². The van der Waals surface area contributed by atoms with E-state index in [1.807, 2.05) is 42.7 Å². The van der Waals surface area contributed by atoms with E-state index < -0.39 is 0 Å². The first kappa shape index (κ1) is 19.9. The number of aryl methyl sites for hydroxylation is 1. The molecule has 8 heteroatoms. The predicted molar refractivity (Wildman–Crippen MR) is 111 cm³/mol. The van der Waals surface area contributed by atoms with Crippen molar-refractivity contribution in [2.75, 3.05) is 11.1 Å². The lowest BCUT2D eigenvalue weighted by Gasteiger charge is -2.08. The molecule has 28 heavy (non-hydrogen) atoms. The molecule has 1 N–H and O–H groups in total. The summed E-state index contributed by atoms with van der Waals surface area (Å²) in [4.78, 5) is 12.3. The number of amides is 1. The van der Waals surface area contributed by atoms with Crippen LogP contribution in [0.4, 0.5) is 5.69 Å². The Labute approximate surface area is 172 Å². The Bertz CT molecular complexity index is 1060. The smallest absolute Gasteiger partial charge is 0.234 e. The van der Waals surface area contributed by atoms with E-state index in [1.54, 1.807) is 18.2 Å². The van der Waals surface area contributed by atoms with Gasteiger partial charge in [0.1, 0.15) is 6.07 Å². The van der Waals surface area contributed by atoms with E-state index in [-0.39, 0.29) is 11.7 Å². The minimum atomic E-state index is -0.187. The molecule has 0 saturated heterocycles. The number of thioether (sulfide) groups is 1. The van der Waals surface area contributed by atoms with Crippen LogP contribution in [0.1, 0.15) is 18.1 Å². The Hall–Kier alpha value is -2.82. The maximum atomic E-state index is 12.3. The van der Waals surface area contributed by atoms with Gasteiger partial charge in [0.15, 0.2) is 11.0 Å². The summed E-state index contributed by atoms with van der Waals surface area (Å²) in [6, 6.07) is 14.9. The van der Waals surface area contributed by atoms with E-state index in [2.05, 4.69) is 21.6 Å². The molecule has 0 aliphatic heterocycles. The zero-order valence-corrected chi connectivity index (χ0v) is 17.0. The fraction of sp³-hybridized carbons (Fsp3) is 0.200. The van der Waals surface area contributed by atoms with Gasteiger partial charge in [0.05, 0.1) is 16.3 Å². The lowest BCUT2D eigenvalue weighted by atomic mass is 10.1. The highest BCUT2D eigenvalue weighted by Crippen LogP contribution is 2.25. The zero-order valence-electron chi connectivity index (χ0n) is 15.4. The number of aromatic nitrogens is 3. The van der Waals surface area contributed by atoms with E-state index in [4.69, 9.17) is 16.9 Å². The van der Waals surface area contributed by atoms with Gasteiger partial charge in [-0.3, -0.25) is 4.79 Å². The summed E-state index contributed by atoms with van der Waals surface area (Å²) in [6.45, 7) is 4.75.